The standard InChI is InChI=1S/C20H27N3/c1-16(2)14-22-20-18(10-6-12-21-20)19-11-7-13-23(19)15-17-8-4-3-5-9-17/h3-6,8-10,12,16,19H,7,11,13-15H2,1-2H3,(H,21,22)/t19-/m1/s1. The van der Waals surface area contributed by atoms with E-state index in [0.717, 1.165) is 25.5 Å². The van der Waals surface area contributed by atoms with Crippen molar-refractivity contribution in [3.05, 3.63) is 59.8 Å². The number of nitrogens with zero attached hydrogens (tertiary/aromatic N) is 2. The lowest BCUT2D eigenvalue weighted by Crippen LogP contribution is -2.24. The van der Waals surface area contributed by atoms with Crippen LogP contribution in [0.25, 0.3) is 0 Å². The largest absolute Gasteiger partial charge is 0.370 e. The van der Waals surface area contributed by atoms with Crippen LogP contribution >= 0.6 is 0 Å². The van der Waals surface area contributed by atoms with Crippen LogP contribution in [0, 0.1) is 5.92 Å². The van der Waals surface area contributed by atoms with Crippen LogP contribution in [0.2, 0.25) is 0 Å². The number of anilines is 1. The van der Waals surface area contributed by atoms with Crippen molar-refractivity contribution >= 4 is 5.82 Å². The molecule has 0 spiro atoms. The molecule has 0 saturated carbocycles. The number of aromatic nitrogens is 1. The average Bonchev–Trinajstić information content (AvgIpc) is 3.02. The molecule has 1 atom stereocenters. The summed E-state index contributed by atoms with van der Waals surface area (Å²) in [6, 6.07) is 15.5. The van der Waals surface area contributed by atoms with Gasteiger partial charge in [0.15, 0.2) is 0 Å². The maximum absolute atomic E-state index is 4.60. The van der Waals surface area contributed by atoms with Crippen LogP contribution < -0.4 is 5.32 Å². The molecular formula is C20H27N3. The van der Waals surface area contributed by atoms with Crippen LogP contribution in [0.5, 0.6) is 0 Å². The fourth-order valence-corrected chi connectivity index (χ4v) is 3.32. The highest BCUT2D eigenvalue weighted by Crippen LogP contribution is 2.36. The van der Waals surface area contributed by atoms with Crippen LogP contribution in [0.3, 0.4) is 0 Å². The Bertz CT molecular complexity index is 609. The molecule has 1 aromatic heterocycles. The summed E-state index contributed by atoms with van der Waals surface area (Å²) in [6.45, 7) is 7.61. The average molecular weight is 309 g/mol. The van der Waals surface area contributed by atoms with Gasteiger partial charge in [-0.2, -0.15) is 0 Å². The summed E-state index contributed by atoms with van der Waals surface area (Å²) in [5.41, 5.74) is 2.74. The number of benzene rings is 1. The van der Waals surface area contributed by atoms with E-state index in [4.69, 9.17) is 0 Å². The van der Waals surface area contributed by atoms with Gasteiger partial charge >= 0.3 is 0 Å². The summed E-state index contributed by atoms with van der Waals surface area (Å²) >= 11 is 0. The molecule has 3 nitrogen and oxygen atoms in total. The van der Waals surface area contributed by atoms with Gasteiger partial charge < -0.3 is 5.32 Å². The van der Waals surface area contributed by atoms with Gasteiger partial charge in [-0.05, 0) is 36.9 Å². The molecule has 1 saturated heterocycles. The molecule has 1 N–H and O–H groups in total. The van der Waals surface area contributed by atoms with Crippen LogP contribution in [0.15, 0.2) is 48.7 Å². The van der Waals surface area contributed by atoms with E-state index in [-0.39, 0.29) is 0 Å². The van der Waals surface area contributed by atoms with E-state index in [1.54, 1.807) is 0 Å². The summed E-state index contributed by atoms with van der Waals surface area (Å²) in [4.78, 5) is 7.19. The second-order valence-corrected chi connectivity index (χ2v) is 6.83. The maximum Gasteiger partial charge on any atom is 0.130 e. The molecule has 3 heteroatoms. The molecule has 23 heavy (non-hydrogen) atoms. The third-order valence-corrected chi connectivity index (χ3v) is 4.47. The van der Waals surface area contributed by atoms with Crippen molar-refractivity contribution in [3.63, 3.8) is 0 Å². The van der Waals surface area contributed by atoms with Gasteiger partial charge in [0.2, 0.25) is 0 Å². The second-order valence-electron chi connectivity index (χ2n) is 6.83. The molecule has 122 valence electrons. The van der Waals surface area contributed by atoms with Crippen molar-refractivity contribution < 1.29 is 0 Å². The van der Waals surface area contributed by atoms with Crippen molar-refractivity contribution in [1.29, 1.82) is 0 Å². The van der Waals surface area contributed by atoms with Gasteiger partial charge in [-0.1, -0.05) is 50.2 Å². The van der Waals surface area contributed by atoms with Gasteiger partial charge in [0.05, 0.1) is 0 Å². The van der Waals surface area contributed by atoms with Crippen LogP contribution in [0.4, 0.5) is 5.82 Å². The molecule has 0 radical (unpaired) electrons. The molecule has 2 heterocycles. The molecule has 1 aliphatic heterocycles. The van der Waals surface area contributed by atoms with Gasteiger partial charge in [0, 0.05) is 30.9 Å². The zero-order chi connectivity index (χ0) is 16.1. The van der Waals surface area contributed by atoms with Crippen LogP contribution in [0.1, 0.15) is 43.9 Å². The SMILES string of the molecule is CC(C)CNc1ncccc1[C@H]1CCCN1Cc1ccccc1. The molecule has 1 fully saturated rings. The minimum Gasteiger partial charge on any atom is -0.370 e. The Kier molecular flexibility index (Phi) is 5.29. The summed E-state index contributed by atoms with van der Waals surface area (Å²) in [5.74, 6) is 1.68. The Labute approximate surface area is 139 Å². The first-order valence-corrected chi connectivity index (χ1v) is 8.71. The lowest BCUT2D eigenvalue weighted by atomic mass is 10.0. The monoisotopic (exact) mass is 309 g/mol. The molecule has 3 rings (SSSR count). The van der Waals surface area contributed by atoms with E-state index in [1.165, 1.54) is 24.0 Å². The Morgan fingerprint density at radius 3 is 2.78 bits per heavy atom. The Hall–Kier alpha value is -1.87. The van der Waals surface area contributed by atoms with Gasteiger partial charge in [-0.25, -0.2) is 4.98 Å². The van der Waals surface area contributed by atoms with Gasteiger partial charge in [-0.3, -0.25) is 4.90 Å². The number of hydrogen-bond acceptors (Lipinski definition) is 3. The number of nitrogens with one attached hydrogen (secondary N) is 1. The Morgan fingerprint density at radius 1 is 1.17 bits per heavy atom. The number of hydrogen-bond donors (Lipinski definition) is 1. The third-order valence-electron chi connectivity index (χ3n) is 4.47. The van der Waals surface area contributed by atoms with Crippen LogP contribution in [-0.4, -0.2) is 23.0 Å². The molecule has 1 aliphatic rings. The smallest absolute Gasteiger partial charge is 0.130 e. The second kappa shape index (κ2) is 7.60. The molecule has 0 aliphatic carbocycles. The van der Waals surface area contributed by atoms with E-state index in [1.807, 2.05) is 6.20 Å². The molecule has 0 amide bonds. The lowest BCUT2D eigenvalue weighted by Gasteiger charge is -2.26. The Balaban J connectivity index is 1.77. The molecule has 1 aromatic carbocycles. The number of pyridine rings is 1. The number of likely N-dealkylation sites (tertiary alicyclic amines) is 1. The highest BCUT2D eigenvalue weighted by Gasteiger charge is 2.28. The van der Waals surface area contributed by atoms with Gasteiger partial charge in [-0.15, -0.1) is 0 Å². The fourth-order valence-electron chi connectivity index (χ4n) is 3.32. The van der Waals surface area contributed by atoms with E-state index in [0.29, 0.717) is 12.0 Å². The van der Waals surface area contributed by atoms with Crippen molar-refractivity contribution in [2.75, 3.05) is 18.4 Å². The predicted octanol–water partition coefficient (Wildman–Crippen LogP) is 4.49. The minimum absolute atomic E-state index is 0.471. The lowest BCUT2D eigenvalue weighted by molar-refractivity contribution is 0.248. The first kappa shape index (κ1) is 16.0. The normalized spacial score (nSPS) is 18.5. The first-order valence-electron chi connectivity index (χ1n) is 8.71. The summed E-state index contributed by atoms with van der Waals surface area (Å²) in [5, 5.41) is 3.54. The number of rotatable bonds is 6. The zero-order valence-corrected chi connectivity index (χ0v) is 14.2. The highest BCUT2D eigenvalue weighted by molar-refractivity contribution is 5.46. The zero-order valence-electron chi connectivity index (χ0n) is 14.2. The van der Waals surface area contributed by atoms with Gasteiger partial charge in [0.25, 0.3) is 0 Å². The highest BCUT2D eigenvalue weighted by atomic mass is 15.2. The van der Waals surface area contributed by atoms with Crippen molar-refractivity contribution in [2.45, 2.75) is 39.3 Å². The van der Waals surface area contributed by atoms with E-state index < -0.39 is 0 Å². The maximum atomic E-state index is 4.60. The predicted molar refractivity (Wildman–Crippen MR) is 96.4 cm³/mol. The van der Waals surface area contributed by atoms with E-state index >= 15 is 0 Å². The Morgan fingerprint density at radius 2 is 2.00 bits per heavy atom. The van der Waals surface area contributed by atoms with Gasteiger partial charge in [0.1, 0.15) is 5.82 Å². The van der Waals surface area contributed by atoms with Crippen molar-refractivity contribution in [3.8, 4) is 0 Å². The van der Waals surface area contributed by atoms with Crippen molar-refractivity contribution in [2.24, 2.45) is 5.92 Å². The first-order chi connectivity index (χ1) is 11.2. The summed E-state index contributed by atoms with van der Waals surface area (Å²) in [6.07, 6.45) is 4.37. The van der Waals surface area contributed by atoms with Crippen molar-refractivity contribution in [1.82, 2.24) is 9.88 Å². The summed E-state index contributed by atoms with van der Waals surface area (Å²) in [7, 11) is 0. The van der Waals surface area contributed by atoms with E-state index in [2.05, 4.69) is 71.5 Å². The van der Waals surface area contributed by atoms with Crippen LogP contribution in [-0.2, 0) is 6.54 Å². The quantitative estimate of drug-likeness (QED) is 0.852. The van der Waals surface area contributed by atoms with E-state index in [9.17, 15) is 0 Å². The molecule has 2 aromatic rings. The minimum atomic E-state index is 0.471. The molecule has 0 unspecified atom stereocenters. The topological polar surface area (TPSA) is 28.2 Å². The molecular weight excluding hydrogens is 282 g/mol. The fraction of sp³-hybridized carbons (Fsp3) is 0.450. The molecule has 0 bridgehead atoms. The summed E-state index contributed by atoms with van der Waals surface area (Å²) < 4.78 is 0. The third kappa shape index (κ3) is 4.11.